The van der Waals surface area contributed by atoms with Crippen molar-refractivity contribution in [3.8, 4) is 11.3 Å². The molecule has 1 aliphatic heterocycles. The molecule has 1 fully saturated rings. The average Bonchev–Trinajstić information content (AvgIpc) is 3.25. The fourth-order valence-corrected chi connectivity index (χ4v) is 4.53. The van der Waals surface area contributed by atoms with E-state index in [9.17, 15) is 4.79 Å². The third kappa shape index (κ3) is 4.48. The SMILES string of the molecule is O=C(Nc1ccccc1-c1cc2c(CN3CCNCC3)cccc2o1)c1cccc(Br)c1. The van der Waals surface area contributed by atoms with E-state index in [4.69, 9.17) is 4.42 Å². The van der Waals surface area contributed by atoms with Gasteiger partial charge in [-0.15, -0.1) is 0 Å². The smallest absolute Gasteiger partial charge is 0.255 e. The molecule has 0 spiro atoms. The van der Waals surface area contributed by atoms with Crippen molar-refractivity contribution >= 4 is 38.5 Å². The number of halogens is 1. The van der Waals surface area contributed by atoms with Crippen molar-refractivity contribution in [2.75, 3.05) is 31.5 Å². The lowest BCUT2D eigenvalue weighted by atomic mass is 10.1. The van der Waals surface area contributed by atoms with E-state index in [0.717, 1.165) is 65.2 Å². The van der Waals surface area contributed by atoms with E-state index in [0.29, 0.717) is 5.56 Å². The zero-order valence-corrected chi connectivity index (χ0v) is 19.2. The summed E-state index contributed by atoms with van der Waals surface area (Å²) >= 11 is 3.43. The number of piperazine rings is 1. The molecule has 6 heteroatoms. The fraction of sp³-hybridized carbons (Fsp3) is 0.192. The second-order valence-electron chi connectivity index (χ2n) is 7.98. The first-order chi connectivity index (χ1) is 15.7. The van der Waals surface area contributed by atoms with Gasteiger partial charge in [0.15, 0.2) is 0 Å². The monoisotopic (exact) mass is 489 g/mol. The van der Waals surface area contributed by atoms with Crippen LogP contribution in [-0.4, -0.2) is 37.0 Å². The number of carbonyl (C=O) groups is 1. The number of hydrogen-bond donors (Lipinski definition) is 2. The Morgan fingerprint density at radius 2 is 1.81 bits per heavy atom. The summed E-state index contributed by atoms with van der Waals surface area (Å²) in [4.78, 5) is 15.3. The highest BCUT2D eigenvalue weighted by Crippen LogP contribution is 2.34. The Balaban J connectivity index is 1.45. The number of para-hydroxylation sites is 1. The van der Waals surface area contributed by atoms with Gasteiger partial charge in [-0.05, 0) is 48.0 Å². The first-order valence-corrected chi connectivity index (χ1v) is 11.6. The van der Waals surface area contributed by atoms with Crippen LogP contribution >= 0.6 is 15.9 Å². The van der Waals surface area contributed by atoms with E-state index in [1.54, 1.807) is 6.07 Å². The van der Waals surface area contributed by atoms with Crippen LogP contribution in [0.2, 0.25) is 0 Å². The standard InChI is InChI=1S/C26H24BrN3O2/c27-20-7-3-5-18(15-20)26(31)29-23-9-2-1-8-21(23)25-16-22-19(6-4-10-24(22)32-25)17-30-13-11-28-12-14-30/h1-10,15-16,28H,11-14,17H2,(H,29,31). The van der Waals surface area contributed by atoms with Gasteiger partial charge in [0.25, 0.3) is 5.91 Å². The Labute approximate surface area is 195 Å². The number of hydrogen-bond acceptors (Lipinski definition) is 4. The lowest BCUT2D eigenvalue weighted by Gasteiger charge is -2.27. The maximum Gasteiger partial charge on any atom is 0.255 e. The van der Waals surface area contributed by atoms with E-state index < -0.39 is 0 Å². The molecule has 0 bridgehead atoms. The van der Waals surface area contributed by atoms with Crippen molar-refractivity contribution in [1.82, 2.24) is 10.2 Å². The van der Waals surface area contributed by atoms with Crippen LogP contribution in [-0.2, 0) is 6.54 Å². The molecule has 0 radical (unpaired) electrons. The van der Waals surface area contributed by atoms with Gasteiger partial charge in [0.05, 0.1) is 5.69 Å². The summed E-state index contributed by atoms with van der Waals surface area (Å²) in [5.41, 5.74) is 4.30. The van der Waals surface area contributed by atoms with E-state index in [1.165, 1.54) is 5.56 Å². The lowest BCUT2D eigenvalue weighted by molar-refractivity contribution is 0.102. The molecular weight excluding hydrogens is 466 g/mol. The Morgan fingerprint density at radius 3 is 2.66 bits per heavy atom. The van der Waals surface area contributed by atoms with Crippen molar-refractivity contribution in [1.29, 1.82) is 0 Å². The van der Waals surface area contributed by atoms with E-state index in [1.807, 2.05) is 54.6 Å². The second-order valence-corrected chi connectivity index (χ2v) is 8.89. The molecule has 5 nitrogen and oxygen atoms in total. The van der Waals surface area contributed by atoms with E-state index in [2.05, 4.69) is 43.6 Å². The van der Waals surface area contributed by atoms with Crippen molar-refractivity contribution in [2.24, 2.45) is 0 Å². The van der Waals surface area contributed by atoms with Gasteiger partial charge >= 0.3 is 0 Å². The number of amides is 1. The normalized spacial score (nSPS) is 14.5. The molecule has 2 heterocycles. The highest BCUT2D eigenvalue weighted by Gasteiger charge is 2.17. The highest BCUT2D eigenvalue weighted by molar-refractivity contribution is 9.10. The third-order valence-electron chi connectivity index (χ3n) is 5.78. The molecule has 1 saturated heterocycles. The predicted octanol–water partition coefficient (Wildman–Crippen LogP) is 5.52. The number of benzene rings is 3. The Morgan fingerprint density at radius 1 is 1.00 bits per heavy atom. The molecule has 0 saturated carbocycles. The number of nitrogens with one attached hydrogen (secondary N) is 2. The largest absolute Gasteiger partial charge is 0.456 e. The van der Waals surface area contributed by atoms with E-state index >= 15 is 0 Å². The van der Waals surface area contributed by atoms with Crippen molar-refractivity contribution in [3.05, 3.63) is 88.4 Å². The molecule has 2 N–H and O–H groups in total. The molecule has 0 atom stereocenters. The minimum Gasteiger partial charge on any atom is -0.456 e. The first kappa shape index (κ1) is 20.9. The van der Waals surface area contributed by atoms with Crippen LogP contribution in [0, 0.1) is 0 Å². The molecule has 1 aliphatic rings. The molecule has 1 amide bonds. The quantitative estimate of drug-likeness (QED) is 0.387. The van der Waals surface area contributed by atoms with Gasteiger partial charge in [0, 0.05) is 53.7 Å². The minimum atomic E-state index is -0.158. The molecule has 0 aliphatic carbocycles. The summed E-state index contributed by atoms with van der Waals surface area (Å²) in [6, 6.07) is 23.4. The van der Waals surface area contributed by atoms with Crippen LogP contribution in [0.1, 0.15) is 15.9 Å². The van der Waals surface area contributed by atoms with Crippen molar-refractivity contribution < 1.29 is 9.21 Å². The van der Waals surface area contributed by atoms with Crippen molar-refractivity contribution in [2.45, 2.75) is 6.54 Å². The van der Waals surface area contributed by atoms with Crippen LogP contribution in [0.25, 0.3) is 22.3 Å². The summed E-state index contributed by atoms with van der Waals surface area (Å²) in [6.45, 7) is 5.05. The molecule has 3 aromatic carbocycles. The Bertz CT molecular complexity index is 1260. The zero-order chi connectivity index (χ0) is 21.9. The molecule has 0 unspecified atom stereocenters. The number of nitrogens with zero attached hydrogens (tertiary/aromatic N) is 1. The second kappa shape index (κ2) is 9.28. The lowest BCUT2D eigenvalue weighted by Crippen LogP contribution is -2.42. The maximum absolute atomic E-state index is 12.8. The summed E-state index contributed by atoms with van der Waals surface area (Å²) in [5.74, 6) is 0.590. The molecule has 32 heavy (non-hydrogen) atoms. The number of carbonyl (C=O) groups excluding carboxylic acids is 1. The molecule has 1 aromatic heterocycles. The third-order valence-corrected chi connectivity index (χ3v) is 6.28. The van der Waals surface area contributed by atoms with Gasteiger partial charge in [-0.3, -0.25) is 9.69 Å². The molecule has 4 aromatic rings. The van der Waals surface area contributed by atoms with Crippen LogP contribution in [0.3, 0.4) is 0 Å². The van der Waals surface area contributed by atoms with Gasteiger partial charge in [-0.25, -0.2) is 0 Å². The van der Waals surface area contributed by atoms with E-state index in [-0.39, 0.29) is 5.91 Å². The highest BCUT2D eigenvalue weighted by atomic mass is 79.9. The van der Waals surface area contributed by atoms with Gasteiger partial charge in [0.1, 0.15) is 11.3 Å². The molecular formula is C26H24BrN3O2. The number of fused-ring (bicyclic) bond motifs is 1. The first-order valence-electron chi connectivity index (χ1n) is 10.8. The van der Waals surface area contributed by atoms with Gasteiger partial charge in [-0.2, -0.15) is 0 Å². The summed E-state index contributed by atoms with van der Waals surface area (Å²) in [6.07, 6.45) is 0. The number of furan rings is 1. The minimum absolute atomic E-state index is 0.158. The number of rotatable bonds is 5. The van der Waals surface area contributed by atoms with Crippen molar-refractivity contribution in [3.63, 3.8) is 0 Å². The van der Waals surface area contributed by atoms with Gasteiger partial charge < -0.3 is 15.1 Å². The summed E-state index contributed by atoms with van der Waals surface area (Å²) < 4.78 is 7.11. The van der Waals surface area contributed by atoms with Crippen LogP contribution in [0.15, 0.2) is 81.7 Å². The average molecular weight is 490 g/mol. The van der Waals surface area contributed by atoms with Gasteiger partial charge in [-0.1, -0.05) is 46.3 Å². The predicted molar refractivity (Wildman–Crippen MR) is 132 cm³/mol. The molecule has 162 valence electrons. The van der Waals surface area contributed by atoms with Crippen LogP contribution in [0.5, 0.6) is 0 Å². The van der Waals surface area contributed by atoms with Crippen LogP contribution < -0.4 is 10.6 Å². The Hall–Kier alpha value is -2.93. The topological polar surface area (TPSA) is 57.5 Å². The number of anilines is 1. The van der Waals surface area contributed by atoms with Gasteiger partial charge in [0.2, 0.25) is 0 Å². The zero-order valence-electron chi connectivity index (χ0n) is 17.6. The summed E-state index contributed by atoms with van der Waals surface area (Å²) in [7, 11) is 0. The fourth-order valence-electron chi connectivity index (χ4n) is 4.13. The van der Waals surface area contributed by atoms with Crippen LogP contribution in [0.4, 0.5) is 5.69 Å². The molecule has 5 rings (SSSR count). The summed E-state index contributed by atoms with van der Waals surface area (Å²) in [5, 5.41) is 7.56. The Kier molecular flexibility index (Phi) is 6.08. The maximum atomic E-state index is 12.8.